The molecule has 0 aromatic heterocycles. The Labute approximate surface area is 73.7 Å². The summed E-state index contributed by atoms with van der Waals surface area (Å²) in [6.45, 7) is 8.07. The summed E-state index contributed by atoms with van der Waals surface area (Å²) < 4.78 is 5.50. The van der Waals surface area contributed by atoms with Crippen molar-refractivity contribution in [2.75, 3.05) is 19.7 Å². The number of hydrogen-bond donors (Lipinski definition) is 0. The zero-order valence-corrected chi connectivity index (χ0v) is 8.04. The van der Waals surface area contributed by atoms with E-state index < -0.39 is 0 Å². The van der Waals surface area contributed by atoms with Crippen molar-refractivity contribution >= 4 is 5.91 Å². The van der Waals surface area contributed by atoms with Crippen molar-refractivity contribution in [3.05, 3.63) is 0 Å². The van der Waals surface area contributed by atoms with Gasteiger partial charge in [0.25, 0.3) is 0 Å². The van der Waals surface area contributed by atoms with Crippen LogP contribution in [0.2, 0.25) is 0 Å². The van der Waals surface area contributed by atoms with Crippen LogP contribution < -0.4 is 0 Å². The molecule has 1 rings (SSSR count). The second-order valence-electron chi connectivity index (χ2n) is 3.67. The molecule has 0 aromatic carbocycles. The summed E-state index contributed by atoms with van der Waals surface area (Å²) in [6.07, 6.45) is 0.179. The maximum Gasteiger partial charge on any atom is 0.219 e. The van der Waals surface area contributed by atoms with Crippen molar-refractivity contribution in [1.82, 2.24) is 4.90 Å². The summed E-state index contributed by atoms with van der Waals surface area (Å²) in [4.78, 5) is 13.0. The zero-order chi connectivity index (χ0) is 9.14. The van der Waals surface area contributed by atoms with Crippen LogP contribution in [-0.2, 0) is 9.53 Å². The molecular formula is C9H17NO2. The Bertz CT molecular complexity index is 158. The van der Waals surface area contributed by atoms with E-state index in [1.54, 1.807) is 6.92 Å². The lowest BCUT2D eigenvalue weighted by molar-refractivity contribution is -0.129. The van der Waals surface area contributed by atoms with Gasteiger partial charge in [0.1, 0.15) is 0 Å². The van der Waals surface area contributed by atoms with Gasteiger partial charge in [-0.2, -0.15) is 0 Å². The number of rotatable bonds is 0. The monoisotopic (exact) mass is 171 g/mol. The summed E-state index contributed by atoms with van der Waals surface area (Å²) in [5.74, 6) is 0.609. The Hall–Kier alpha value is -0.570. The number of amides is 1. The lowest BCUT2D eigenvalue weighted by Gasteiger charge is -2.21. The predicted molar refractivity (Wildman–Crippen MR) is 46.8 cm³/mol. The summed E-state index contributed by atoms with van der Waals surface area (Å²) in [7, 11) is 0. The van der Waals surface area contributed by atoms with Crippen LogP contribution in [0, 0.1) is 5.92 Å². The Morgan fingerprint density at radius 3 is 2.67 bits per heavy atom. The second kappa shape index (κ2) is 3.90. The van der Waals surface area contributed by atoms with E-state index in [1.807, 2.05) is 11.8 Å². The lowest BCUT2D eigenvalue weighted by Crippen LogP contribution is -2.35. The Balaban J connectivity index is 2.55. The van der Waals surface area contributed by atoms with Crippen LogP contribution in [0.15, 0.2) is 0 Å². The molecule has 1 aliphatic rings. The fourth-order valence-corrected chi connectivity index (χ4v) is 1.45. The third-order valence-electron chi connectivity index (χ3n) is 2.12. The quantitative estimate of drug-likeness (QED) is 0.541. The summed E-state index contributed by atoms with van der Waals surface area (Å²) >= 11 is 0. The van der Waals surface area contributed by atoms with Gasteiger partial charge in [0.15, 0.2) is 0 Å². The molecule has 1 saturated heterocycles. The topological polar surface area (TPSA) is 29.5 Å². The number of carbonyl (C=O) groups is 1. The molecule has 2 unspecified atom stereocenters. The van der Waals surface area contributed by atoms with E-state index in [1.165, 1.54) is 0 Å². The minimum Gasteiger partial charge on any atom is -0.376 e. The minimum absolute atomic E-state index is 0.152. The average Bonchev–Trinajstić information content (AvgIpc) is 2.13. The van der Waals surface area contributed by atoms with Crippen LogP contribution in [0.4, 0.5) is 0 Å². The highest BCUT2D eigenvalue weighted by atomic mass is 16.5. The van der Waals surface area contributed by atoms with Crippen LogP contribution in [0.25, 0.3) is 0 Å². The molecule has 0 bridgehead atoms. The molecule has 0 aromatic rings. The van der Waals surface area contributed by atoms with Crippen molar-refractivity contribution in [3.8, 4) is 0 Å². The molecule has 12 heavy (non-hydrogen) atoms. The number of ether oxygens (including phenoxy) is 1. The maximum atomic E-state index is 11.1. The van der Waals surface area contributed by atoms with Crippen LogP contribution in [0.3, 0.4) is 0 Å². The van der Waals surface area contributed by atoms with E-state index in [2.05, 4.69) is 6.92 Å². The molecule has 1 aliphatic heterocycles. The van der Waals surface area contributed by atoms with Crippen LogP contribution in [0.1, 0.15) is 20.8 Å². The third kappa shape index (κ3) is 2.48. The first-order valence-corrected chi connectivity index (χ1v) is 4.46. The maximum absolute atomic E-state index is 11.1. The molecular weight excluding hydrogens is 154 g/mol. The molecule has 0 N–H and O–H groups in total. The highest BCUT2D eigenvalue weighted by molar-refractivity contribution is 5.73. The molecule has 1 amide bonds. The molecule has 0 spiro atoms. The first kappa shape index (κ1) is 9.52. The van der Waals surface area contributed by atoms with Gasteiger partial charge in [-0.15, -0.1) is 0 Å². The van der Waals surface area contributed by atoms with Crippen molar-refractivity contribution in [1.29, 1.82) is 0 Å². The highest BCUT2D eigenvalue weighted by Gasteiger charge is 2.20. The Morgan fingerprint density at radius 2 is 2.08 bits per heavy atom. The molecule has 3 heteroatoms. The molecule has 3 nitrogen and oxygen atoms in total. The van der Waals surface area contributed by atoms with E-state index in [4.69, 9.17) is 4.74 Å². The number of hydrogen-bond acceptors (Lipinski definition) is 2. The zero-order valence-electron chi connectivity index (χ0n) is 8.04. The molecule has 1 fully saturated rings. The average molecular weight is 171 g/mol. The molecule has 0 radical (unpaired) electrons. The summed E-state index contributed by atoms with van der Waals surface area (Å²) in [6, 6.07) is 0. The fourth-order valence-electron chi connectivity index (χ4n) is 1.45. The molecule has 1 heterocycles. The largest absolute Gasteiger partial charge is 0.376 e. The predicted octanol–water partition coefficient (Wildman–Crippen LogP) is 0.890. The van der Waals surface area contributed by atoms with E-state index in [0.717, 1.165) is 19.7 Å². The van der Waals surface area contributed by atoms with Crippen molar-refractivity contribution in [3.63, 3.8) is 0 Å². The third-order valence-corrected chi connectivity index (χ3v) is 2.12. The molecule has 2 atom stereocenters. The SMILES string of the molecule is CC(=O)N1CC(C)COC(C)C1. The lowest BCUT2D eigenvalue weighted by atomic mass is 10.2. The normalized spacial score (nSPS) is 31.4. The van der Waals surface area contributed by atoms with E-state index in [-0.39, 0.29) is 12.0 Å². The van der Waals surface area contributed by atoms with Gasteiger partial charge in [-0.25, -0.2) is 0 Å². The number of nitrogens with zero attached hydrogens (tertiary/aromatic N) is 1. The summed E-state index contributed by atoms with van der Waals surface area (Å²) in [5.41, 5.74) is 0. The van der Waals surface area contributed by atoms with Gasteiger partial charge in [0, 0.05) is 20.0 Å². The van der Waals surface area contributed by atoms with Crippen LogP contribution in [0.5, 0.6) is 0 Å². The van der Waals surface area contributed by atoms with E-state index in [0.29, 0.717) is 5.92 Å². The number of carbonyl (C=O) groups excluding carboxylic acids is 1. The van der Waals surface area contributed by atoms with Gasteiger partial charge >= 0.3 is 0 Å². The first-order valence-electron chi connectivity index (χ1n) is 4.46. The van der Waals surface area contributed by atoms with Gasteiger partial charge in [-0.3, -0.25) is 4.79 Å². The minimum atomic E-state index is 0.152. The van der Waals surface area contributed by atoms with Gasteiger partial charge in [-0.1, -0.05) is 6.92 Å². The Morgan fingerprint density at radius 1 is 1.42 bits per heavy atom. The van der Waals surface area contributed by atoms with Crippen molar-refractivity contribution in [2.45, 2.75) is 26.9 Å². The smallest absolute Gasteiger partial charge is 0.219 e. The molecule has 0 aliphatic carbocycles. The van der Waals surface area contributed by atoms with Gasteiger partial charge < -0.3 is 9.64 Å². The summed E-state index contributed by atoms with van der Waals surface area (Å²) in [5, 5.41) is 0. The van der Waals surface area contributed by atoms with Crippen LogP contribution >= 0.6 is 0 Å². The van der Waals surface area contributed by atoms with E-state index in [9.17, 15) is 4.79 Å². The Kier molecular flexibility index (Phi) is 3.09. The van der Waals surface area contributed by atoms with Crippen molar-refractivity contribution < 1.29 is 9.53 Å². The van der Waals surface area contributed by atoms with Crippen LogP contribution in [-0.4, -0.2) is 36.6 Å². The van der Waals surface area contributed by atoms with Gasteiger partial charge in [0.05, 0.1) is 12.7 Å². The first-order chi connectivity index (χ1) is 5.59. The van der Waals surface area contributed by atoms with Gasteiger partial charge in [0.2, 0.25) is 5.91 Å². The standard InChI is InChI=1S/C9H17NO2/c1-7-4-10(9(3)11)5-8(2)12-6-7/h7-8H,4-6H2,1-3H3. The van der Waals surface area contributed by atoms with E-state index >= 15 is 0 Å². The highest BCUT2D eigenvalue weighted by Crippen LogP contribution is 2.10. The molecule has 0 saturated carbocycles. The van der Waals surface area contributed by atoms with Crippen molar-refractivity contribution in [2.24, 2.45) is 5.92 Å². The second-order valence-corrected chi connectivity index (χ2v) is 3.67. The fraction of sp³-hybridized carbons (Fsp3) is 0.889. The van der Waals surface area contributed by atoms with Gasteiger partial charge in [-0.05, 0) is 12.8 Å². The molecule has 70 valence electrons.